The van der Waals surface area contributed by atoms with E-state index < -0.39 is 5.54 Å². The Labute approximate surface area is 115 Å². The standard InChI is InChI=1S/C10H13Cl3N2O2/c1-2-10(4-16,5-17)15-9-7(12)3-6(11)8(13)14-9/h3,16-17H,2,4-5H2,1H3,(H,14,15). The molecule has 0 saturated heterocycles. The van der Waals surface area contributed by atoms with Crippen molar-refractivity contribution in [2.75, 3.05) is 18.5 Å². The lowest BCUT2D eigenvalue weighted by molar-refractivity contribution is 0.132. The maximum absolute atomic E-state index is 9.30. The summed E-state index contributed by atoms with van der Waals surface area (Å²) in [5, 5.41) is 22.1. The van der Waals surface area contributed by atoms with E-state index in [1.807, 2.05) is 6.92 Å². The summed E-state index contributed by atoms with van der Waals surface area (Å²) in [6.45, 7) is 1.32. The first kappa shape index (κ1) is 14.8. The Bertz CT molecular complexity index is 389. The molecule has 96 valence electrons. The zero-order valence-electron chi connectivity index (χ0n) is 9.17. The fraction of sp³-hybridized carbons (Fsp3) is 0.500. The molecule has 0 bridgehead atoms. The molecule has 3 N–H and O–H groups in total. The van der Waals surface area contributed by atoms with Crippen LogP contribution in [0.25, 0.3) is 0 Å². The van der Waals surface area contributed by atoms with Crippen LogP contribution in [0.3, 0.4) is 0 Å². The molecule has 7 heteroatoms. The van der Waals surface area contributed by atoms with E-state index in [4.69, 9.17) is 34.8 Å². The molecule has 0 amide bonds. The third-order valence-electron chi connectivity index (χ3n) is 2.55. The molecule has 1 aromatic heterocycles. The molecule has 17 heavy (non-hydrogen) atoms. The van der Waals surface area contributed by atoms with Gasteiger partial charge in [-0.3, -0.25) is 0 Å². The van der Waals surface area contributed by atoms with Gasteiger partial charge >= 0.3 is 0 Å². The number of halogens is 3. The van der Waals surface area contributed by atoms with Gasteiger partial charge in [0.2, 0.25) is 0 Å². The quantitative estimate of drug-likeness (QED) is 0.731. The number of nitrogens with zero attached hydrogens (tertiary/aromatic N) is 1. The highest BCUT2D eigenvalue weighted by Gasteiger charge is 2.27. The van der Waals surface area contributed by atoms with Crippen molar-refractivity contribution < 1.29 is 10.2 Å². The minimum atomic E-state index is -0.881. The molecule has 0 aliphatic rings. The van der Waals surface area contributed by atoms with Gasteiger partial charge in [0.1, 0.15) is 11.0 Å². The Hall–Kier alpha value is -0.260. The lowest BCUT2D eigenvalue weighted by Gasteiger charge is -2.30. The van der Waals surface area contributed by atoms with Crippen LogP contribution in [0, 0.1) is 0 Å². The lowest BCUT2D eigenvalue weighted by Crippen LogP contribution is -2.45. The summed E-state index contributed by atoms with van der Waals surface area (Å²) in [6.07, 6.45) is 0.498. The molecule has 0 saturated carbocycles. The van der Waals surface area contributed by atoms with Gasteiger partial charge in [-0.1, -0.05) is 41.7 Å². The summed E-state index contributed by atoms with van der Waals surface area (Å²) in [7, 11) is 0. The van der Waals surface area contributed by atoms with Crippen molar-refractivity contribution in [2.45, 2.75) is 18.9 Å². The monoisotopic (exact) mass is 298 g/mol. The van der Waals surface area contributed by atoms with Gasteiger partial charge in [-0.25, -0.2) is 4.98 Å². The number of aliphatic hydroxyl groups excluding tert-OH is 2. The van der Waals surface area contributed by atoms with Crippen molar-refractivity contribution in [3.8, 4) is 0 Å². The molecule has 0 radical (unpaired) electrons. The summed E-state index contributed by atoms with van der Waals surface area (Å²) in [6, 6.07) is 1.45. The zero-order chi connectivity index (χ0) is 13.1. The van der Waals surface area contributed by atoms with E-state index in [-0.39, 0.29) is 34.2 Å². The maximum atomic E-state index is 9.30. The van der Waals surface area contributed by atoms with Crippen molar-refractivity contribution in [3.05, 3.63) is 21.3 Å². The molecular weight excluding hydrogens is 286 g/mol. The van der Waals surface area contributed by atoms with Gasteiger partial charge in [0.05, 0.1) is 28.8 Å². The first-order chi connectivity index (χ1) is 7.98. The third kappa shape index (κ3) is 3.36. The van der Waals surface area contributed by atoms with Gasteiger partial charge < -0.3 is 15.5 Å². The highest BCUT2D eigenvalue weighted by atomic mass is 35.5. The molecule has 0 atom stereocenters. The van der Waals surface area contributed by atoms with Crippen LogP contribution in [0.15, 0.2) is 6.07 Å². The first-order valence-corrected chi connectivity index (χ1v) is 6.13. The number of nitrogens with one attached hydrogen (secondary N) is 1. The molecule has 0 spiro atoms. The Kier molecular flexibility index (Phi) is 5.28. The fourth-order valence-electron chi connectivity index (χ4n) is 1.22. The van der Waals surface area contributed by atoms with E-state index >= 15 is 0 Å². The van der Waals surface area contributed by atoms with Crippen LogP contribution in [0.5, 0.6) is 0 Å². The number of hydrogen-bond acceptors (Lipinski definition) is 4. The molecule has 1 heterocycles. The summed E-state index contributed by atoms with van der Waals surface area (Å²) < 4.78 is 0. The van der Waals surface area contributed by atoms with Gasteiger partial charge in [-0.15, -0.1) is 0 Å². The largest absolute Gasteiger partial charge is 0.394 e. The number of aliphatic hydroxyl groups is 2. The van der Waals surface area contributed by atoms with Gasteiger partial charge in [0, 0.05) is 0 Å². The molecular formula is C10H13Cl3N2O2. The first-order valence-electron chi connectivity index (χ1n) is 4.99. The number of pyridine rings is 1. The Morgan fingerprint density at radius 3 is 2.29 bits per heavy atom. The maximum Gasteiger partial charge on any atom is 0.150 e. The second kappa shape index (κ2) is 6.07. The SMILES string of the molecule is CCC(CO)(CO)Nc1nc(Cl)c(Cl)cc1Cl. The van der Waals surface area contributed by atoms with Crippen LogP contribution in [0.1, 0.15) is 13.3 Å². The molecule has 0 fully saturated rings. The van der Waals surface area contributed by atoms with E-state index in [0.29, 0.717) is 6.42 Å². The molecule has 0 aliphatic carbocycles. The number of anilines is 1. The molecule has 1 rings (SSSR count). The average Bonchev–Trinajstić information content (AvgIpc) is 2.33. The smallest absolute Gasteiger partial charge is 0.150 e. The minimum absolute atomic E-state index is 0.111. The molecule has 1 aromatic rings. The number of rotatable bonds is 5. The normalized spacial score (nSPS) is 11.6. The van der Waals surface area contributed by atoms with Crippen LogP contribution in [-0.2, 0) is 0 Å². The van der Waals surface area contributed by atoms with Crippen LogP contribution in [0.4, 0.5) is 5.82 Å². The Morgan fingerprint density at radius 2 is 1.82 bits per heavy atom. The lowest BCUT2D eigenvalue weighted by atomic mass is 9.98. The number of hydrogen-bond donors (Lipinski definition) is 3. The highest BCUT2D eigenvalue weighted by molar-refractivity contribution is 6.42. The van der Waals surface area contributed by atoms with Crippen LogP contribution >= 0.6 is 34.8 Å². The zero-order valence-corrected chi connectivity index (χ0v) is 11.4. The van der Waals surface area contributed by atoms with E-state index in [2.05, 4.69) is 10.3 Å². The predicted octanol–water partition coefficient (Wildman–Crippen LogP) is 2.59. The summed E-state index contributed by atoms with van der Waals surface area (Å²) >= 11 is 17.5. The number of aromatic nitrogens is 1. The van der Waals surface area contributed by atoms with Crippen molar-refractivity contribution >= 4 is 40.6 Å². The molecule has 4 nitrogen and oxygen atoms in total. The Balaban J connectivity index is 3.05. The summed E-state index contributed by atoms with van der Waals surface area (Å²) in [5.74, 6) is 0.283. The third-order valence-corrected chi connectivity index (χ3v) is 3.51. The minimum Gasteiger partial charge on any atom is -0.394 e. The average molecular weight is 300 g/mol. The van der Waals surface area contributed by atoms with E-state index in [0.717, 1.165) is 0 Å². The second-order valence-electron chi connectivity index (χ2n) is 3.67. The van der Waals surface area contributed by atoms with Crippen molar-refractivity contribution in [2.24, 2.45) is 0 Å². The summed E-state index contributed by atoms with van der Waals surface area (Å²) in [4.78, 5) is 3.97. The van der Waals surface area contributed by atoms with Gasteiger partial charge in [-0.2, -0.15) is 0 Å². The Morgan fingerprint density at radius 1 is 1.24 bits per heavy atom. The van der Waals surface area contributed by atoms with Crippen LogP contribution in [-0.4, -0.2) is 33.9 Å². The van der Waals surface area contributed by atoms with E-state index in [1.54, 1.807) is 0 Å². The second-order valence-corrected chi connectivity index (χ2v) is 4.84. The van der Waals surface area contributed by atoms with Gasteiger partial charge in [-0.05, 0) is 12.5 Å². The highest BCUT2D eigenvalue weighted by Crippen LogP contribution is 2.30. The van der Waals surface area contributed by atoms with Gasteiger partial charge in [0.15, 0.2) is 0 Å². The van der Waals surface area contributed by atoms with Crippen molar-refractivity contribution in [1.82, 2.24) is 4.98 Å². The van der Waals surface area contributed by atoms with Crippen molar-refractivity contribution in [3.63, 3.8) is 0 Å². The van der Waals surface area contributed by atoms with Crippen LogP contribution < -0.4 is 5.32 Å². The van der Waals surface area contributed by atoms with Gasteiger partial charge in [0.25, 0.3) is 0 Å². The molecule has 0 unspecified atom stereocenters. The molecule has 0 aliphatic heterocycles. The summed E-state index contributed by atoms with van der Waals surface area (Å²) in [5.41, 5.74) is -0.881. The fourth-order valence-corrected chi connectivity index (χ4v) is 1.77. The molecule has 0 aromatic carbocycles. The topological polar surface area (TPSA) is 65.4 Å². The van der Waals surface area contributed by atoms with Crippen molar-refractivity contribution in [1.29, 1.82) is 0 Å². The van der Waals surface area contributed by atoms with E-state index in [9.17, 15) is 10.2 Å². The van der Waals surface area contributed by atoms with E-state index in [1.165, 1.54) is 6.07 Å². The predicted molar refractivity (Wildman–Crippen MR) is 70.1 cm³/mol. The van der Waals surface area contributed by atoms with Crippen LogP contribution in [0.2, 0.25) is 15.2 Å².